The van der Waals surface area contributed by atoms with Gasteiger partial charge in [0.2, 0.25) is 5.91 Å². The van der Waals surface area contributed by atoms with E-state index in [0.29, 0.717) is 12.2 Å². The van der Waals surface area contributed by atoms with Gasteiger partial charge < -0.3 is 15.5 Å². The fourth-order valence-electron chi connectivity index (χ4n) is 3.79. The quantitative estimate of drug-likeness (QED) is 0.279. The summed E-state index contributed by atoms with van der Waals surface area (Å²) in [5, 5.41) is 6.39. The molecule has 0 radical (unpaired) electrons. The second-order valence-corrected chi connectivity index (χ2v) is 8.20. The molecule has 2 aliphatic heterocycles. The minimum atomic E-state index is -0.137. The molecule has 1 aromatic carbocycles. The van der Waals surface area contributed by atoms with Crippen molar-refractivity contribution < 1.29 is 9.18 Å². The van der Waals surface area contributed by atoms with Crippen molar-refractivity contribution in [2.24, 2.45) is 10.4 Å². The highest BCUT2D eigenvalue weighted by molar-refractivity contribution is 14.0. The monoisotopic (exact) mass is 506 g/mol. The molecule has 2 aliphatic rings. The van der Waals surface area contributed by atoms with Gasteiger partial charge in [0, 0.05) is 56.6 Å². The fraction of sp³-hybridized carbons (Fsp3) is 0.579. The Morgan fingerprint density at radius 2 is 2.26 bits per heavy atom. The average Bonchev–Trinajstić information content (AvgIpc) is 2.99. The van der Waals surface area contributed by atoms with Crippen molar-refractivity contribution in [1.82, 2.24) is 15.5 Å². The number of rotatable bonds is 5. The molecule has 1 unspecified atom stereocenters. The summed E-state index contributed by atoms with van der Waals surface area (Å²) in [6.07, 6.45) is 2.80. The van der Waals surface area contributed by atoms with Gasteiger partial charge in [0.1, 0.15) is 5.82 Å². The third-order valence-corrected chi connectivity index (χ3v) is 6.12. The van der Waals surface area contributed by atoms with Gasteiger partial charge in [-0.15, -0.1) is 24.0 Å². The van der Waals surface area contributed by atoms with Crippen molar-refractivity contribution in [3.05, 3.63) is 35.6 Å². The lowest BCUT2D eigenvalue weighted by molar-refractivity contribution is -0.119. The molecule has 2 saturated heterocycles. The Labute approximate surface area is 182 Å². The van der Waals surface area contributed by atoms with Crippen molar-refractivity contribution in [3.8, 4) is 0 Å². The van der Waals surface area contributed by atoms with Crippen LogP contribution >= 0.6 is 35.7 Å². The molecule has 150 valence electrons. The molecule has 2 heterocycles. The highest BCUT2D eigenvalue weighted by Crippen LogP contribution is 2.35. The first-order valence-corrected chi connectivity index (χ1v) is 10.3. The van der Waals surface area contributed by atoms with Crippen LogP contribution in [0.4, 0.5) is 4.39 Å². The molecule has 2 N–H and O–H groups in total. The van der Waals surface area contributed by atoms with E-state index in [0.717, 1.165) is 56.3 Å². The number of halogens is 2. The van der Waals surface area contributed by atoms with Crippen LogP contribution in [0.1, 0.15) is 24.8 Å². The molecule has 1 aromatic rings. The van der Waals surface area contributed by atoms with Gasteiger partial charge in [0.15, 0.2) is 5.96 Å². The van der Waals surface area contributed by atoms with Crippen LogP contribution in [-0.2, 0) is 10.5 Å². The van der Waals surface area contributed by atoms with E-state index in [4.69, 9.17) is 0 Å². The summed E-state index contributed by atoms with van der Waals surface area (Å²) in [6, 6.07) is 6.92. The lowest BCUT2D eigenvalue weighted by atomic mass is 9.79. The van der Waals surface area contributed by atoms with Crippen LogP contribution in [0.3, 0.4) is 0 Å². The van der Waals surface area contributed by atoms with Crippen molar-refractivity contribution in [1.29, 1.82) is 0 Å². The topological polar surface area (TPSA) is 56.7 Å². The predicted molar refractivity (Wildman–Crippen MR) is 120 cm³/mol. The molecule has 0 saturated carbocycles. The lowest BCUT2D eigenvalue weighted by Crippen LogP contribution is -2.51. The van der Waals surface area contributed by atoms with E-state index >= 15 is 0 Å². The van der Waals surface area contributed by atoms with Crippen molar-refractivity contribution >= 4 is 47.6 Å². The maximum absolute atomic E-state index is 13.6. The Morgan fingerprint density at radius 1 is 1.44 bits per heavy atom. The average molecular weight is 506 g/mol. The largest absolute Gasteiger partial charge is 0.355 e. The number of carbonyl (C=O) groups excluding carboxylic acids is 1. The van der Waals surface area contributed by atoms with Gasteiger partial charge in [-0.05, 0) is 24.5 Å². The van der Waals surface area contributed by atoms with E-state index in [1.165, 1.54) is 6.07 Å². The summed E-state index contributed by atoms with van der Waals surface area (Å²) in [6.45, 7) is 3.40. The second-order valence-electron chi connectivity index (χ2n) is 7.10. The minimum absolute atomic E-state index is 0. The summed E-state index contributed by atoms with van der Waals surface area (Å²) in [4.78, 5) is 18.3. The molecule has 1 atom stereocenters. The molecule has 3 rings (SSSR count). The molecule has 27 heavy (non-hydrogen) atoms. The van der Waals surface area contributed by atoms with Gasteiger partial charge in [-0.2, -0.15) is 11.8 Å². The molecule has 8 heteroatoms. The van der Waals surface area contributed by atoms with Crippen LogP contribution in [0.25, 0.3) is 0 Å². The molecule has 2 fully saturated rings. The van der Waals surface area contributed by atoms with E-state index in [1.807, 2.05) is 12.1 Å². The van der Waals surface area contributed by atoms with Gasteiger partial charge >= 0.3 is 0 Å². The first-order chi connectivity index (χ1) is 12.6. The first-order valence-electron chi connectivity index (χ1n) is 9.15. The summed E-state index contributed by atoms with van der Waals surface area (Å²) in [5.41, 5.74) is 0.810. The highest BCUT2D eigenvalue weighted by Gasteiger charge is 2.42. The normalized spacial score (nSPS) is 22.5. The van der Waals surface area contributed by atoms with Crippen molar-refractivity contribution in [2.45, 2.75) is 25.0 Å². The van der Waals surface area contributed by atoms with Gasteiger partial charge in [-0.1, -0.05) is 18.2 Å². The lowest BCUT2D eigenvalue weighted by Gasteiger charge is -2.40. The first kappa shape index (κ1) is 22.3. The highest BCUT2D eigenvalue weighted by atomic mass is 127. The van der Waals surface area contributed by atoms with Crippen LogP contribution < -0.4 is 10.6 Å². The van der Waals surface area contributed by atoms with E-state index in [9.17, 15) is 9.18 Å². The Morgan fingerprint density at radius 3 is 2.96 bits per heavy atom. The minimum Gasteiger partial charge on any atom is -0.355 e. The van der Waals surface area contributed by atoms with Gasteiger partial charge in [0.05, 0.1) is 0 Å². The SMILES string of the molecule is CN=C(NCCSCc1ccccc1F)N1CCCC2(CNC(=O)C2)C1.I. The number of thioether (sulfide) groups is 1. The Balaban J connectivity index is 0.00000261. The molecule has 5 nitrogen and oxygen atoms in total. The van der Waals surface area contributed by atoms with Crippen LogP contribution in [0, 0.1) is 11.2 Å². The molecular weight excluding hydrogens is 478 g/mol. The molecule has 0 bridgehead atoms. The molecule has 1 spiro atoms. The number of amides is 1. The Hall–Kier alpha value is -1.03. The summed E-state index contributed by atoms with van der Waals surface area (Å²) >= 11 is 1.71. The van der Waals surface area contributed by atoms with E-state index in [1.54, 1.807) is 24.9 Å². The number of likely N-dealkylation sites (tertiary alicyclic amines) is 1. The third-order valence-electron chi connectivity index (χ3n) is 5.11. The maximum atomic E-state index is 13.6. The van der Waals surface area contributed by atoms with Gasteiger partial charge in [-0.25, -0.2) is 4.39 Å². The molecule has 0 aliphatic carbocycles. The number of hydrogen-bond acceptors (Lipinski definition) is 3. The zero-order chi connectivity index (χ0) is 18.4. The van der Waals surface area contributed by atoms with Crippen LogP contribution in [-0.4, -0.2) is 55.7 Å². The Bertz CT molecular complexity index is 675. The molecule has 1 amide bonds. The number of guanidine groups is 1. The summed E-state index contributed by atoms with van der Waals surface area (Å²) in [7, 11) is 1.80. The van der Waals surface area contributed by atoms with Crippen LogP contribution in [0.15, 0.2) is 29.3 Å². The third kappa shape index (κ3) is 5.97. The summed E-state index contributed by atoms with van der Waals surface area (Å²) < 4.78 is 13.6. The second kappa shape index (κ2) is 10.5. The number of hydrogen-bond donors (Lipinski definition) is 2. The number of aliphatic imine (C=N–C) groups is 1. The van der Waals surface area contributed by atoms with Crippen molar-refractivity contribution in [3.63, 3.8) is 0 Å². The smallest absolute Gasteiger partial charge is 0.220 e. The van der Waals surface area contributed by atoms with E-state index < -0.39 is 0 Å². The van der Waals surface area contributed by atoms with Gasteiger partial charge in [0.25, 0.3) is 0 Å². The zero-order valence-electron chi connectivity index (χ0n) is 15.7. The van der Waals surface area contributed by atoms with Crippen LogP contribution in [0.2, 0.25) is 0 Å². The number of carbonyl (C=O) groups is 1. The number of nitrogens with zero attached hydrogens (tertiary/aromatic N) is 2. The van der Waals surface area contributed by atoms with Crippen LogP contribution in [0.5, 0.6) is 0 Å². The molecular formula is C19H28FIN4OS. The van der Waals surface area contributed by atoms with E-state index in [-0.39, 0.29) is 41.1 Å². The van der Waals surface area contributed by atoms with Crippen molar-refractivity contribution in [2.75, 3.05) is 39.0 Å². The number of nitrogens with one attached hydrogen (secondary N) is 2. The molecule has 0 aromatic heterocycles. The Kier molecular flexibility index (Phi) is 8.65. The number of piperidine rings is 1. The maximum Gasteiger partial charge on any atom is 0.220 e. The summed E-state index contributed by atoms with van der Waals surface area (Å²) in [5.74, 6) is 2.48. The predicted octanol–water partition coefficient (Wildman–Crippen LogP) is 2.85. The zero-order valence-corrected chi connectivity index (χ0v) is 18.8. The standard InChI is InChI=1S/C19H27FN4OS.HI/c1-21-18(22-8-10-26-12-15-5-2-3-6-16(15)20)24-9-4-7-19(14-24)11-17(25)23-13-19;/h2-3,5-6H,4,7-14H2,1H3,(H,21,22)(H,23,25);1H. The fourth-order valence-corrected chi connectivity index (χ4v) is 4.64. The number of benzene rings is 1. The van der Waals surface area contributed by atoms with Gasteiger partial charge in [-0.3, -0.25) is 9.79 Å². The van der Waals surface area contributed by atoms with E-state index in [2.05, 4.69) is 20.5 Å².